The highest BCUT2D eigenvalue weighted by Crippen LogP contribution is 2.16. The van der Waals surface area contributed by atoms with Gasteiger partial charge in [-0.15, -0.1) is 0 Å². The van der Waals surface area contributed by atoms with Crippen molar-refractivity contribution in [2.24, 2.45) is 12.8 Å². The molecule has 0 saturated carbocycles. The predicted molar refractivity (Wildman–Crippen MR) is 70.3 cm³/mol. The normalized spacial score (nSPS) is 18.6. The van der Waals surface area contributed by atoms with Crippen molar-refractivity contribution in [1.29, 1.82) is 5.41 Å². The molecule has 0 aliphatic carbocycles. The van der Waals surface area contributed by atoms with Gasteiger partial charge in [-0.1, -0.05) is 0 Å². The van der Waals surface area contributed by atoms with Gasteiger partial charge >= 0.3 is 0 Å². The van der Waals surface area contributed by atoms with E-state index in [1.165, 1.54) is 21.4 Å². The molecule has 3 N–H and O–H groups in total. The maximum Gasteiger partial charge on any atom is 0.246 e. The van der Waals surface area contributed by atoms with E-state index in [0.717, 1.165) is 0 Å². The molecule has 2 heterocycles. The highest BCUT2D eigenvalue weighted by atomic mass is 32.2. The molecule has 0 spiro atoms. The van der Waals surface area contributed by atoms with E-state index in [1.807, 2.05) is 4.90 Å². The van der Waals surface area contributed by atoms with Crippen molar-refractivity contribution >= 4 is 15.9 Å². The number of rotatable bonds is 4. The van der Waals surface area contributed by atoms with Crippen LogP contribution in [0, 0.1) is 5.41 Å². The van der Waals surface area contributed by atoms with E-state index >= 15 is 0 Å². The van der Waals surface area contributed by atoms with E-state index in [0.29, 0.717) is 32.7 Å². The van der Waals surface area contributed by atoms with Gasteiger partial charge < -0.3 is 5.73 Å². The van der Waals surface area contributed by atoms with Crippen LogP contribution in [-0.4, -0.2) is 66.0 Å². The summed E-state index contributed by atoms with van der Waals surface area (Å²) in [6.07, 6.45) is 2.86. The molecule has 0 unspecified atom stereocenters. The van der Waals surface area contributed by atoms with Crippen LogP contribution in [0.3, 0.4) is 0 Å². The van der Waals surface area contributed by atoms with Crippen LogP contribution < -0.4 is 5.73 Å². The molecule has 19 heavy (non-hydrogen) atoms. The summed E-state index contributed by atoms with van der Waals surface area (Å²) in [5, 5.41) is 11.1. The van der Waals surface area contributed by atoms with Crippen LogP contribution in [-0.2, 0) is 17.1 Å². The third-order valence-corrected chi connectivity index (χ3v) is 4.90. The molecule has 1 aromatic rings. The number of nitrogens with two attached hydrogens (primary N) is 1. The average Bonchev–Trinajstić information content (AvgIpc) is 2.76. The molecule has 1 saturated heterocycles. The van der Waals surface area contributed by atoms with E-state index in [-0.39, 0.29) is 10.7 Å². The van der Waals surface area contributed by atoms with E-state index in [4.69, 9.17) is 11.1 Å². The largest absolute Gasteiger partial charge is 0.387 e. The quantitative estimate of drug-likeness (QED) is 0.526. The maximum atomic E-state index is 12.3. The van der Waals surface area contributed by atoms with Crippen LogP contribution in [0.5, 0.6) is 0 Å². The van der Waals surface area contributed by atoms with Gasteiger partial charge in [0.15, 0.2) is 0 Å². The SMILES string of the molecule is Cn1cc(S(=O)(=O)N2CCN(CC(=N)N)CC2)cn1. The molecule has 106 valence electrons. The molecule has 1 aliphatic rings. The van der Waals surface area contributed by atoms with Crippen molar-refractivity contribution in [3.8, 4) is 0 Å². The Morgan fingerprint density at radius 3 is 2.53 bits per heavy atom. The van der Waals surface area contributed by atoms with Crippen molar-refractivity contribution in [2.45, 2.75) is 4.90 Å². The lowest BCUT2D eigenvalue weighted by Crippen LogP contribution is -2.50. The monoisotopic (exact) mass is 286 g/mol. The summed E-state index contributed by atoms with van der Waals surface area (Å²) in [7, 11) is -1.77. The van der Waals surface area contributed by atoms with Gasteiger partial charge in [0.25, 0.3) is 0 Å². The van der Waals surface area contributed by atoms with Crippen LogP contribution >= 0.6 is 0 Å². The Balaban J connectivity index is 2.03. The van der Waals surface area contributed by atoms with Crippen LogP contribution in [0.1, 0.15) is 0 Å². The van der Waals surface area contributed by atoms with E-state index in [1.54, 1.807) is 7.05 Å². The number of amidine groups is 1. The minimum absolute atomic E-state index is 0.101. The smallest absolute Gasteiger partial charge is 0.246 e. The highest BCUT2D eigenvalue weighted by Gasteiger charge is 2.29. The molecule has 0 amide bonds. The Labute approximate surface area is 112 Å². The highest BCUT2D eigenvalue weighted by molar-refractivity contribution is 7.89. The first-order valence-corrected chi connectivity index (χ1v) is 7.37. The number of aromatic nitrogens is 2. The van der Waals surface area contributed by atoms with Gasteiger partial charge in [0.2, 0.25) is 10.0 Å². The van der Waals surface area contributed by atoms with Crippen LogP contribution in [0.4, 0.5) is 0 Å². The minimum atomic E-state index is -3.45. The summed E-state index contributed by atoms with van der Waals surface area (Å²) in [6, 6.07) is 0. The second-order valence-electron chi connectivity index (χ2n) is 4.56. The fourth-order valence-corrected chi connectivity index (χ4v) is 3.46. The van der Waals surface area contributed by atoms with Crippen LogP contribution in [0.15, 0.2) is 17.3 Å². The molecule has 0 aromatic carbocycles. The zero-order valence-corrected chi connectivity index (χ0v) is 11.6. The summed E-state index contributed by atoms with van der Waals surface area (Å²) in [5.74, 6) is 0.101. The fraction of sp³-hybridized carbons (Fsp3) is 0.600. The summed E-state index contributed by atoms with van der Waals surface area (Å²) in [6.45, 7) is 2.37. The fourth-order valence-electron chi connectivity index (χ4n) is 2.05. The van der Waals surface area contributed by atoms with E-state index in [9.17, 15) is 8.42 Å². The average molecular weight is 286 g/mol. The summed E-state index contributed by atoms with van der Waals surface area (Å²) >= 11 is 0. The molecule has 0 bridgehead atoms. The standard InChI is InChI=1S/C10H18N6O2S/c1-14-7-9(6-13-14)19(17,18)16-4-2-15(3-5-16)8-10(11)12/h6-7H,2-5,8H2,1H3,(H3,11,12). The minimum Gasteiger partial charge on any atom is -0.387 e. The molecule has 0 atom stereocenters. The zero-order valence-electron chi connectivity index (χ0n) is 10.8. The lowest BCUT2D eigenvalue weighted by molar-refractivity contribution is 0.209. The van der Waals surface area contributed by atoms with Gasteiger partial charge in [-0.05, 0) is 0 Å². The first-order chi connectivity index (χ1) is 8.89. The number of aryl methyl sites for hydroxylation is 1. The molecule has 8 nitrogen and oxygen atoms in total. The Hall–Kier alpha value is -1.45. The van der Waals surface area contributed by atoms with Crippen molar-refractivity contribution in [1.82, 2.24) is 19.0 Å². The summed E-state index contributed by atoms with van der Waals surface area (Å²) in [5.41, 5.74) is 5.34. The number of hydrogen-bond acceptors (Lipinski definition) is 5. The van der Waals surface area contributed by atoms with Gasteiger partial charge in [-0.3, -0.25) is 15.0 Å². The van der Waals surface area contributed by atoms with Crippen LogP contribution in [0.2, 0.25) is 0 Å². The Morgan fingerprint density at radius 1 is 1.42 bits per heavy atom. The van der Waals surface area contributed by atoms with Gasteiger partial charge in [0.05, 0.1) is 12.7 Å². The topological polar surface area (TPSA) is 108 Å². The van der Waals surface area contributed by atoms with Gasteiger partial charge in [-0.25, -0.2) is 8.42 Å². The first kappa shape index (κ1) is 14.0. The predicted octanol–water partition coefficient (Wildman–Crippen LogP) is -1.34. The van der Waals surface area contributed by atoms with E-state index < -0.39 is 10.0 Å². The third-order valence-electron chi connectivity index (χ3n) is 3.04. The van der Waals surface area contributed by atoms with Crippen LogP contribution in [0.25, 0.3) is 0 Å². The van der Waals surface area contributed by atoms with Gasteiger partial charge in [-0.2, -0.15) is 9.40 Å². The third kappa shape index (κ3) is 3.11. The Bertz CT molecular complexity index is 558. The second-order valence-corrected chi connectivity index (χ2v) is 6.49. The van der Waals surface area contributed by atoms with Crippen molar-refractivity contribution in [3.63, 3.8) is 0 Å². The number of sulfonamides is 1. The molecular weight excluding hydrogens is 268 g/mol. The summed E-state index contributed by atoms with van der Waals surface area (Å²) < 4.78 is 27.5. The number of nitrogens with one attached hydrogen (secondary N) is 1. The number of piperazine rings is 1. The lowest BCUT2D eigenvalue weighted by Gasteiger charge is -2.33. The molecule has 1 fully saturated rings. The number of hydrogen-bond donors (Lipinski definition) is 2. The molecule has 1 aromatic heterocycles. The van der Waals surface area contributed by atoms with Crippen molar-refractivity contribution < 1.29 is 8.42 Å². The molecule has 9 heteroatoms. The van der Waals surface area contributed by atoms with Gasteiger partial charge in [0.1, 0.15) is 10.7 Å². The molecule has 0 radical (unpaired) electrons. The first-order valence-electron chi connectivity index (χ1n) is 5.93. The molecule has 1 aliphatic heterocycles. The maximum absolute atomic E-state index is 12.3. The van der Waals surface area contributed by atoms with E-state index in [2.05, 4.69) is 5.10 Å². The zero-order chi connectivity index (χ0) is 14.0. The molecule has 2 rings (SSSR count). The lowest BCUT2D eigenvalue weighted by atomic mass is 10.3. The van der Waals surface area contributed by atoms with Crippen molar-refractivity contribution in [2.75, 3.05) is 32.7 Å². The van der Waals surface area contributed by atoms with Gasteiger partial charge in [0, 0.05) is 39.4 Å². The Morgan fingerprint density at radius 2 is 2.05 bits per heavy atom. The molecular formula is C10H18N6O2S. The second kappa shape index (κ2) is 5.27. The Kier molecular flexibility index (Phi) is 3.88. The number of nitrogens with zero attached hydrogens (tertiary/aromatic N) is 4. The van der Waals surface area contributed by atoms with Crippen molar-refractivity contribution in [3.05, 3.63) is 12.4 Å². The summed E-state index contributed by atoms with van der Waals surface area (Å²) in [4.78, 5) is 2.19.